The van der Waals surface area contributed by atoms with Gasteiger partial charge < -0.3 is 9.59 Å². The fourth-order valence-electron chi connectivity index (χ4n) is 4.72. The van der Waals surface area contributed by atoms with Crippen LogP contribution in [0.4, 0.5) is 0 Å². The van der Waals surface area contributed by atoms with Gasteiger partial charge in [-0.3, -0.25) is 0 Å². The summed E-state index contributed by atoms with van der Waals surface area (Å²) in [7, 11) is 4.76. The smallest absolute Gasteiger partial charge is 0.118 e. The molecule has 1 aliphatic heterocycles. The highest BCUT2D eigenvalue weighted by Crippen LogP contribution is 2.45. The molecule has 0 fully saturated rings. The molecule has 0 aromatic heterocycles. The highest BCUT2D eigenvalue weighted by molar-refractivity contribution is 5.50. The molecule has 0 amide bonds. The minimum absolute atomic E-state index is 0.402. The number of rotatable bonds is 0. The van der Waals surface area contributed by atoms with Gasteiger partial charge in [-0.1, -0.05) is 30.3 Å². The Labute approximate surface area is 139 Å². The molecular weight excluding hydrogens is 282 g/mol. The van der Waals surface area contributed by atoms with Gasteiger partial charge in [0.1, 0.15) is 5.75 Å². The number of quaternary nitrogens is 1. The molecule has 2 aliphatic rings. The van der Waals surface area contributed by atoms with E-state index >= 15 is 0 Å². The molecule has 0 radical (unpaired) electrons. The standard InChI is InChI=1S/C21H25NO/c1-14-12-16-8-9-19-21(18(16)13-20(14)23)17-7-5-4-6-15(17)10-11-22(19,2)3/h4-7,12-13,19,21H,8-11H2,1-3H3/p+1/t19-,21-/m1/s1. The summed E-state index contributed by atoms with van der Waals surface area (Å²) >= 11 is 0. The molecule has 0 bridgehead atoms. The van der Waals surface area contributed by atoms with Crippen LogP contribution in [0.3, 0.4) is 0 Å². The van der Waals surface area contributed by atoms with Crippen LogP contribution < -0.4 is 0 Å². The van der Waals surface area contributed by atoms with Gasteiger partial charge in [0, 0.05) is 12.8 Å². The Kier molecular flexibility index (Phi) is 3.28. The maximum Gasteiger partial charge on any atom is 0.118 e. The number of likely N-dealkylation sites (N-methyl/N-ethyl adjacent to an activating group) is 1. The van der Waals surface area contributed by atoms with Crippen molar-refractivity contribution >= 4 is 0 Å². The minimum Gasteiger partial charge on any atom is -0.508 e. The predicted molar refractivity (Wildman–Crippen MR) is 93.9 cm³/mol. The fraction of sp³-hybridized carbons (Fsp3) is 0.429. The van der Waals surface area contributed by atoms with Crippen LogP contribution in [0.15, 0.2) is 36.4 Å². The molecule has 2 nitrogen and oxygen atoms in total. The first-order valence-electron chi connectivity index (χ1n) is 8.70. The number of fused-ring (bicyclic) bond motifs is 5. The fourth-order valence-corrected chi connectivity index (χ4v) is 4.72. The van der Waals surface area contributed by atoms with Gasteiger partial charge in [0.15, 0.2) is 0 Å². The van der Waals surface area contributed by atoms with Crippen LogP contribution in [0.25, 0.3) is 0 Å². The normalized spacial score (nSPS) is 25.0. The van der Waals surface area contributed by atoms with E-state index < -0.39 is 0 Å². The highest BCUT2D eigenvalue weighted by Gasteiger charge is 2.43. The zero-order valence-electron chi connectivity index (χ0n) is 14.3. The summed E-state index contributed by atoms with van der Waals surface area (Å²) in [6, 6.07) is 13.8. The molecule has 0 saturated heterocycles. The summed E-state index contributed by atoms with van der Waals surface area (Å²) in [5, 5.41) is 10.3. The first-order valence-corrected chi connectivity index (χ1v) is 8.70. The Morgan fingerprint density at radius 3 is 2.61 bits per heavy atom. The van der Waals surface area contributed by atoms with Crippen LogP contribution in [0.5, 0.6) is 5.75 Å². The van der Waals surface area contributed by atoms with Gasteiger partial charge in [-0.2, -0.15) is 0 Å². The molecule has 2 heteroatoms. The Bertz CT molecular complexity index is 762. The summed E-state index contributed by atoms with van der Waals surface area (Å²) in [5.41, 5.74) is 6.74. The number of aryl methyl sites for hydroxylation is 2. The van der Waals surface area contributed by atoms with E-state index in [0.29, 0.717) is 17.7 Å². The SMILES string of the molecule is Cc1cc2c(cc1O)[C@H]1c3ccccc3CC[N+](C)(C)[C@@H]1CC2. The second-order valence-electron chi connectivity index (χ2n) is 7.87. The lowest BCUT2D eigenvalue weighted by molar-refractivity contribution is -0.916. The van der Waals surface area contributed by atoms with Crippen LogP contribution in [-0.4, -0.2) is 36.3 Å². The van der Waals surface area contributed by atoms with Crippen LogP contribution in [-0.2, 0) is 12.8 Å². The van der Waals surface area contributed by atoms with Crippen LogP contribution in [0, 0.1) is 6.92 Å². The zero-order valence-corrected chi connectivity index (χ0v) is 14.3. The van der Waals surface area contributed by atoms with E-state index in [1.54, 1.807) is 0 Å². The van der Waals surface area contributed by atoms with Crippen molar-refractivity contribution in [1.82, 2.24) is 0 Å². The molecule has 1 N–H and O–H groups in total. The monoisotopic (exact) mass is 308 g/mol. The third-order valence-corrected chi connectivity index (χ3v) is 6.13. The molecule has 2 atom stereocenters. The molecule has 0 unspecified atom stereocenters. The molecule has 23 heavy (non-hydrogen) atoms. The van der Waals surface area contributed by atoms with Crippen LogP contribution in [0.1, 0.15) is 40.2 Å². The molecule has 2 aromatic carbocycles. The van der Waals surface area contributed by atoms with Crippen LogP contribution >= 0.6 is 0 Å². The third-order valence-electron chi connectivity index (χ3n) is 6.13. The zero-order chi connectivity index (χ0) is 16.2. The van der Waals surface area contributed by atoms with E-state index in [1.807, 2.05) is 13.0 Å². The van der Waals surface area contributed by atoms with Gasteiger partial charge in [0.05, 0.1) is 32.6 Å². The van der Waals surface area contributed by atoms with Crippen molar-refractivity contribution in [3.63, 3.8) is 0 Å². The van der Waals surface area contributed by atoms with Crippen molar-refractivity contribution in [3.8, 4) is 5.75 Å². The molecule has 0 spiro atoms. The first kappa shape index (κ1) is 14.8. The Hall–Kier alpha value is -1.80. The number of aromatic hydroxyl groups is 1. The van der Waals surface area contributed by atoms with Crippen molar-refractivity contribution < 1.29 is 9.59 Å². The number of phenols is 1. The summed E-state index contributed by atoms with van der Waals surface area (Å²) in [5.74, 6) is 0.843. The lowest BCUT2D eigenvalue weighted by Gasteiger charge is -2.44. The summed E-state index contributed by atoms with van der Waals surface area (Å²) in [6.07, 6.45) is 3.49. The molecular formula is C21H26NO+. The molecule has 0 saturated carbocycles. The summed E-state index contributed by atoms with van der Waals surface area (Å²) < 4.78 is 1.06. The maximum absolute atomic E-state index is 10.3. The average molecular weight is 308 g/mol. The Morgan fingerprint density at radius 2 is 1.78 bits per heavy atom. The molecule has 4 rings (SSSR count). The third kappa shape index (κ3) is 2.28. The number of hydrogen-bond acceptors (Lipinski definition) is 1. The van der Waals surface area contributed by atoms with Crippen molar-refractivity contribution in [3.05, 3.63) is 64.2 Å². The van der Waals surface area contributed by atoms with Gasteiger partial charge in [0.2, 0.25) is 0 Å². The van der Waals surface area contributed by atoms with Crippen LogP contribution in [0.2, 0.25) is 0 Å². The van der Waals surface area contributed by atoms with Crippen molar-refractivity contribution in [2.45, 2.75) is 38.1 Å². The molecule has 1 heterocycles. The van der Waals surface area contributed by atoms with E-state index in [2.05, 4.69) is 44.4 Å². The summed E-state index contributed by atoms with van der Waals surface area (Å²) in [4.78, 5) is 0. The topological polar surface area (TPSA) is 20.2 Å². The lowest BCUT2D eigenvalue weighted by Crippen LogP contribution is -2.53. The van der Waals surface area contributed by atoms with Gasteiger partial charge in [-0.25, -0.2) is 0 Å². The van der Waals surface area contributed by atoms with E-state index in [9.17, 15) is 5.11 Å². The second kappa shape index (κ2) is 5.10. The quantitative estimate of drug-likeness (QED) is 0.734. The second-order valence-corrected chi connectivity index (χ2v) is 7.87. The van der Waals surface area contributed by atoms with Crippen molar-refractivity contribution in [2.75, 3.05) is 20.6 Å². The summed E-state index contributed by atoms with van der Waals surface area (Å²) in [6.45, 7) is 3.19. The van der Waals surface area contributed by atoms with Crippen molar-refractivity contribution in [1.29, 1.82) is 0 Å². The van der Waals surface area contributed by atoms with Gasteiger partial charge in [-0.15, -0.1) is 0 Å². The largest absolute Gasteiger partial charge is 0.508 e. The van der Waals surface area contributed by atoms with E-state index in [-0.39, 0.29) is 0 Å². The molecule has 2 aromatic rings. The van der Waals surface area contributed by atoms with Crippen molar-refractivity contribution in [2.24, 2.45) is 0 Å². The molecule has 1 aliphatic carbocycles. The number of benzene rings is 2. The van der Waals surface area contributed by atoms with E-state index in [4.69, 9.17) is 0 Å². The average Bonchev–Trinajstić information content (AvgIpc) is 2.64. The van der Waals surface area contributed by atoms with E-state index in [1.165, 1.54) is 35.2 Å². The number of nitrogens with zero attached hydrogens (tertiary/aromatic N) is 1. The van der Waals surface area contributed by atoms with Gasteiger partial charge in [0.25, 0.3) is 0 Å². The number of phenolic OH excluding ortho intramolecular Hbond substituents is 1. The highest BCUT2D eigenvalue weighted by atomic mass is 16.3. The maximum atomic E-state index is 10.3. The predicted octanol–water partition coefficient (Wildman–Crippen LogP) is 3.78. The number of hydrogen-bond donors (Lipinski definition) is 1. The van der Waals surface area contributed by atoms with Gasteiger partial charge >= 0.3 is 0 Å². The molecule has 120 valence electrons. The first-order chi connectivity index (χ1) is 11.0. The van der Waals surface area contributed by atoms with E-state index in [0.717, 1.165) is 22.9 Å². The Morgan fingerprint density at radius 1 is 1.00 bits per heavy atom. The lowest BCUT2D eigenvalue weighted by atomic mass is 9.73. The van der Waals surface area contributed by atoms with Gasteiger partial charge in [-0.05, 0) is 47.2 Å². The Balaban J connectivity index is 1.96. The minimum atomic E-state index is 0.402.